The molecule has 0 spiro atoms. The number of hydrogen-bond acceptors (Lipinski definition) is 4. The van der Waals surface area contributed by atoms with E-state index in [9.17, 15) is 0 Å². The van der Waals surface area contributed by atoms with Gasteiger partial charge in [-0.3, -0.25) is 0 Å². The Labute approximate surface area is 112 Å². The first-order valence-corrected chi connectivity index (χ1v) is 6.57. The van der Waals surface area contributed by atoms with E-state index in [1.165, 1.54) is 0 Å². The minimum Gasteiger partial charge on any atom is -0.494 e. The molecule has 1 aromatic carbocycles. The molecule has 0 aliphatic heterocycles. The molecule has 2 rings (SSSR count). The van der Waals surface area contributed by atoms with E-state index in [1.54, 1.807) is 10.9 Å². The molecule has 1 N–H and O–H groups in total. The summed E-state index contributed by atoms with van der Waals surface area (Å²) in [5.41, 5.74) is 2.00. The van der Waals surface area contributed by atoms with Crippen molar-refractivity contribution in [3.05, 3.63) is 30.5 Å². The van der Waals surface area contributed by atoms with E-state index < -0.39 is 0 Å². The van der Waals surface area contributed by atoms with Crippen molar-refractivity contribution in [3.8, 4) is 17.0 Å². The van der Waals surface area contributed by atoms with Crippen molar-refractivity contribution < 1.29 is 9.84 Å². The van der Waals surface area contributed by atoms with Crippen molar-refractivity contribution in [1.82, 2.24) is 15.0 Å². The highest BCUT2D eigenvalue weighted by atomic mass is 16.5. The van der Waals surface area contributed by atoms with Crippen LogP contribution >= 0.6 is 0 Å². The highest BCUT2D eigenvalue weighted by molar-refractivity contribution is 5.59. The Hall–Kier alpha value is -1.88. The number of aromatic nitrogens is 3. The number of aliphatic hydroxyl groups is 1. The first-order chi connectivity index (χ1) is 9.35. The van der Waals surface area contributed by atoms with Crippen LogP contribution < -0.4 is 4.74 Å². The average Bonchev–Trinajstić information content (AvgIpc) is 2.92. The van der Waals surface area contributed by atoms with Gasteiger partial charge >= 0.3 is 0 Å². The van der Waals surface area contributed by atoms with Gasteiger partial charge in [0.2, 0.25) is 0 Å². The molecule has 2 aromatic rings. The molecule has 0 aliphatic rings. The fourth-order valence-electron chi connectivity index (χ4n) is 1.81. The Bertz CT molecular complexity index is 494. The lowest BCUT2D eigenvalue weighted by Gasteiger charge is -2.07. The smallest absolute Gasteiger partial charge is 0.119 e. The van der Waals surface area contributed by atoms with Crippen LogP contribution in [0.4, 0.5) is 0 Å². The third kappa shape index (κ3) is 3.54. The molecule has 0 amide bonds. The summed E-state index contributed by atoms with van der Waals surface area (Å²) in [6, 6.07) is 7.90. The molecule has 0 unspecified atom stereocenters. The van der Waals surface area contributed by atoms with Crippen LogP contribution in [0.2, 0.25) is 0 Å². The predicted octanol–water partition coefficient (Wildman–Crippen LogP) is 2.12. The molecule has 0 fully saturated rings. The van der Waals surface area contributed by atoms with E-state index in [2.05, 4.69) is 17.2 Å². The van der Waals surface area contributed by atoms with Gasteiger partial charge in [-0.05, 0) is 37.1 Å². The number of aliphatic hydroxyl groups excluding tert-OH is 1. The van der Waals surface area contributed by atoms with E-state index in [0.717, 1.165) is 30.0 Å². The molecule has 1 heterocycles. The van der Waals surface area contributed by atoms with Gasteiger partial charge in [0.15, 0.2) is 0 Å². The van der Waals surface area contributed by atoms with Crippen LogP contribution in [0.25, 0.3) is 11.3 Å². The zero-order valence-corrected chi connectivity index (χ0v) is 11.1. The topological polar surface area (TPSA) is 60.2 Å². The van der Waals surface area contributed by atoms with Gasteiger partial charge in [0.05, 0.1) is 18.5 Å². The van der Waals surface area contributed by atoms with Gasteiger partial charge in [-0.25, -0.2) is 4.68 Å². The van der Waals surface area contributed by atoms with Gasteiger partial charge in [0.1, 0.15) is 5.75 Å². The van der Waals surface area contributed by atoms with Gasteiger partial charge < -0.3 is 9.84 Å². The van der Waals surface area contributed by atoms with E-state index in [1.807, 2.05) is 24.3 Å². The van der Waals surface area contributed by atoms with Crippen molar-refractivity contribution in [2.45, 2.75) is 26.3 Å². The minimum absolute atomic E-state index is 0.156. The fourth-order valence-corrected chi connectivity index (χ4v) is 1.81. The summed E-state index contributed by atoms with van der Waals surface area (Å²) in [4.78, 5) is 0. The van der Waals surface area contributed by atoms with E-state index >= 15 is 0 Å². The Morgan fingerprint density at radius 1 is 1.26 bits per heavy atom. The van der Waals surface area contributed by atoms with Crippen LogP contribution in [-0.4, -0.2) is 33.3 Å². The number of benzene rings is 1. The van der Waals surface area contributed by atoms with Crippen LogP contribution in [0.3, 0.4) is 0 Å². The third-order valence-corrected chi connectivity index (χ3v) is 2.77. The molecule has 0 bridgehead atoms. The molecule has 1 aromatic heterocycles. The lowest BCUT2D eigenvalue weighted by atomic mass is 10.1. The molecule has 19 heavy (non-hydrogen) atoms. The molecule has 102 valence electrons. The quantitative estimate of drug-likeness (QED) is 0.829. The molecule has 5 nitrogen and oxygen atoms in total. The Morgan fingerprint density at radius 2 is 2.05 bits per heavy atom. The summed E-state index contributed by atoms with van der Waals surface area (Å²) in [5.74, 6) is 0.875. The second-order valence-corrected chi connectivity index (χ2v) is 4.29. The third-order valence-electron chi connectivity index (χ3n) is 2.77. The van der Waals surface area contributed by atoms with E-state index in [-0.39, 0.29) is 6.61 Å². The van der Waals surface area contributed by atoms with Crippen LogP contribution in [0.5, 0.6) is 5.75 Å². The summed E-state index contributed by atoms with van der Waals surface area (Å²) in [7, 11) is 0. The maximum atomic E-state index is 8.87. The van der Waals surface area contributed by atoms with E-state index in [0.29, 0.717) is 13.0 Å². The van der Waals surface area contributed by atoms with Gasteiger partial charge in [-0.2, -0.15) is 0 Å². The van der Waals surface area contributed by atoms with Crippen LogP contribution in [-0.2, 0) is 6.54 Å². The Morgan fingerprint density at radius 3 is 2.74 bits per heavy atom. The molecular weight excluding hydrogens is 242 g/mol. The van der Waals surface area contributed by atoms with Gasteiger partial charge in [-0.1, -0.05) is 12.1 Å². The SMILES string of the molecule is CCCOc1ccc(-c2cnnn2CCCO)cc1. The van der Waals surface area contributed by atoms with Crippen molar-refractivity contribution >= 4 is 0 Å². The lowest BCUT2D eigenvalue weighted by Crippen LogP contribution is -2.04. The molecule has 0 atom stereocenters. The zero-order valence-electron chi connectivity index (χ0n) is 11.1. The van der Waals surface area contributed by atoms with Crippen LogP contribution in [0.1, 0.15) is 19.8 Å². The number of nitrogens with zero attached hydrogens (tertiary/aromatic N) is 3. The summed E-state index contributed by atoms with van der Waals surface area (Å²) in [5, 5.41) is 16.8. The highest BCUT2D eigenvalue weighted by Crippen LogP contribution is 2.21. The largest absolute Gasteiger partial charge is 0.494 e. The van der Waals surface area contributed by atoms with Crippen molar-refractivity contribution in [2.75, 3.05) is 13.2 Å². The predicted molar refractivity (Wildman–Crippen MR) is 72.9 cm³/mol. The molecule has 0 aliphatic carbocycles. The van der Waals surface area contributed by atoms with E-state index in [4.69, 9.17) is 9.84 Å². The fraction of sp³-hybridized carbons (Fsp3) is 0.429. The Kier molecular flexibility index (Phi) is 4.92. The normalized spacial score (nSPS) is 10.6. The van der Waals surface area contributed by atoms with Crippen molar-refractivity contribution in [1.29, 1.82) is 0 Å². The van der Waals surface area contributed by atoms with Gasteiger partial charge in [-0.15, -0.1) is 5.10 Å². The van der Waals surface area contributed by atoms with Crippen LogP contribution in [0.15, 0.2) is 30.5 Å². The average molecular weight is 261 g/mol. The maximum absolute atomic E-state index is 8.87. The first kappa shape index (κ1) is 13.5. The molecule has 0 saturated carbocycles. The van der Waals surface area contributed by atoms with Crippen LogP contribution in [0, 0.1) is 0 Å². The molecular formula is C14H19N3O2. The maximum Gasteiger partial charge on any atom is 0.119 e. The van der Waals surface area contributed by atoms with Gasteiger partial charge in [0.25, 0.3) is 0 Å². The summed E-state index contributed by atoms with van der Waals surface area (Å²) in [6.45, 7) is 3.64. The number of hydrogen-bond donors (Lipinski definition) is 1. The first-order valence-electron chi connectivity index (χ1n) is 6.57. The summed E-state index contributed by atoms with van der Waals surface area (Å²) >= 11 is 0. The number of rotatable bonds is 7. The summed E-state index contributed by atoms with van der Waals surface area (Å²) in [6.07, 6.45) is 3.41. The second-order valence-electron chi connectivity index (χ2n) is 4.29. The number of ether oxygens (including phenoxy) is 1. The minimum atomic E-state index is 0.156. The van der Waals surface area contributed by atoms with Crippen molar-refractivity contribution in [2.24, 2.45) is 0 Å². The molecule has 0 radical (unpaired) electrons. The second kappa shape index (κ2) is 6.89. The lowest BCUT2D eigenvalue weighted by molar-refractivity contribution is 0.276. The van der Waals surface area contributed by atoms with Gasteiger partial charge in [0, 0.05) is 18.7 Å². The molecule has 5 heteroatoms. The highest BCUT2D eigenvalue weighted by Gasteiger charge is 2.06. The summed E-state index contributed by atoms with van der Waals surface area (Å²) < 4.78 is 7.36. The zero-order chi connectivity index (χ0) is 13.5. The Balaban J connectivity index is 2.11. The molecule has 0 saturated heterocycles. The monoisotopic (exact) mass is 261 g/mol. The number of aryl methyl sites for hydroxylation is 1. The van der Waals surface area contributed by atoms with Crippen molar-refractivity contribution in [3.63, 3.8) is 0 Å². The standard InChI is InChI=1S/C14H19N3O2/c1-2-10-19-13-6-4-12(5-7-13)14-11-15-16-17(14)8-3-9-18/h4-7,11,18H,2-3,8-10H2,1H3.